The van der Waals surface area contributed by atoms with Crippen molar-refractivity contribution in [3.05, 3.63) is 60.7 Å². The molecule has 0 bridgehead atoms. The zero-order valence-electron chi connectivity index (χ0n) is 12.9. The fraction of sp³-hybridized carbons (Fsp3) is 0.368. The first-order valence-corrected chi connectivity index (χ1v) is 8.30. The van der Waals surface area contributed by atoms with E-state index in [0.29, 0.717) is 12.2 Å². The van der Waals surface area contributed by atoms with Crippen molar-refractivity contribution < 1.29 is 0 Å². The quantitative estimate of drug-likeness (QED) is 0.938. The van der Waals surface area contributed by atoms with Gasteiger partial charge in [-0.25, -0.2) is 0 Å². The molecule has 0 amide bonds. The normalized spacial score (nSPS) is 22.5. The molecule has 1 atom stereocenters. The second kappa shape index (κ2) is 6.01. The van der Waals surface area contributed by atoms with Crippen LogP contribution in [0.4, 0.5) is 11.4 Å². The van der Waals surface area contributed by atoms with E-state index in [-0.39, 0.29) is 0 Å². The van der Waals surface area contributed by atoms with Gasteiger partial charge < -0.3 is 15.1 Å². The van der Waals surface area contributed by atoms with Crippen LogP contribution in [0.3, 0.4) is 0 Å². The Morgan fingerprint density at radius 3 is 1.77 bits per heavy atom. The standard InChI is InChI=1S/C19H23N3/c1-3-8-16(9-4-1)21-14-15-22(17-10-5-2-6-11-17)19(21)18-12-7-13-20-18/h1-6,8-11,18-20H,7,12-15H2/t18-/m0/s1. The summed E-state index contributed by atoms with van der Waals surface area (Å²) in [6, 6.07) is 22.2. The minimum atomic E-state index is 0.410. The molecule has 2 aromatic carbocycles. The average molecular weight is 293 g/mol. The van der Waals surface area contributed by atoms with Crippen molar-refractivity contribution in [1.29, 1.82) is 0 Å². The third kappa shape index (κ3) is 2.46. The lowest BCUT2D eigenvalue weighted by Gasteiger charge is -2.37. The Balaban J connectivity index is 1.68. The molecule has 2 fully saturated rings. The van der Waals surface area contributed by atoms with Crippen molar-refractivity contribution in [1.82, 2.24) is 5.32 Å². The Morgan fingerprint density at radius 2 is 1.32 bits per heavy atom. The Morgan fingerprint density at radius 1 is 0.773 bits per heavy atom. The Labute approximate surface area is 132 Å². The van der Waals surface area contributed by atoms with E-state index < -0.39 is 0 Å². The minimum Gasteiger partial charge on any atom is -0.348 e. The van der Waals surface area contributed by atoms with E-state index in [0.717, 1.165) is 19.6 Å². The second-order valence-electron chi connectivity index (χ2n) is 6.17. The molecular weight excluding hydrogens is 270 g/mol. The van der Waals surface area contributed by atoms with Gasteiger partial charge in [0.2, 0.25) is 0 Å². The van der Waals surface area contributed by atoms with Crippen molar-refractivity contribution in [2.24, 2.45) is 0 Å². The molecule has 0 unspecified atom stereocenters. The SMILES string of the molecule is c1ccc(N2CCN(c3ccccc3)C2[C@@H]2CCCN2)cc1. The third-order valence-electron chi connectivity index (χ3n) is 4.85. The molecule has 0 radical (unpaired) electrons. The predicted molar refractivity (Wildman–Crippen MR) is 92.4 cm³/mol. The molecule has 1 N–H and O–H groups in total. The molecule has 3 heteroatoms. The molecule has 4 rings (SSSR count). The first kappa shape index (κ1) is 13.6. The molecule has 0 aliphatic carbocycles. The van der Waals surface area contributed by atoms with E-state index in [1.807, 2.05) is 0 Å². The zero-order valence-corrected chi connectivity index (χ0v) is 12.9. The molecule has 2 aliphatic rings. The molecule has 2 aliphatic heterocycles. The molecule has 114 valence electrons. The summed E-state index contributed by atoms with van der Waals surface area (Å²) in [5.41, 5.74) is 2.67. The highest BCUT2D eigenvalue weighted by Crippen LogP contribution is 2.31. The van der Waals surface area contributed by atoms with Crippen LogP contribution < -0.4 is 15.1 Å². The van der Waals surface area contributed by atoms with Gasteiger partial charge in [-0.3, -0.25) is 0 Å². The highest BCUT2D eigenvalue weighted by atomic mass is 15.4. The van der Waals surface area contributed by atoms with Crippen LogP contribution in [0.15, 0.2) is 60.7 Å². The number of anilines is 2. The van der Waals surface area contributed by atoms with Crippen molar-refractivity contribution in [2.45, 2.75) is 25.0 Å². The number of rotatable bonds is 3. The van der Waals surface area contributed by atoms with E-state index in [2.05, 4.69) is 75.8 Å². The van der Waals surface area contributed by atoms with Gasteiger partial charge in [0.1, 0.15) is 6.17 Å². The van der Waals surface area contributed by atoms with Crippen LogP contribution in [0, 0.1) is 0 Å². The van der Waals surface area contributed by atoms with E-state index in [9.17, 15) is 0 Å². The summed E-state index contributed by atoms with van der Waals surface area (Å²) in [7, 11) is 0. The minimum absolute atomic E-state index is 0.410. The van der Waals surface area contributed by atoms with Gasteiger partial charge in [0.25, 0.3) is 0 Å². The Bertz CT molecular complexity index is 545. The van der Waals surface area contributed by atoms with Crippen molar-refractivity contribution >= 4 is 11.4 Å². The maximum atomic E-state index is 3.71. The second-order valence-corrected chi connectivity index (χ2v) is 6.17. The van der Waals surface area contributed by atoms with Gasteiger partial charge in [0, 0.05) is 30.5 Å². The van der Waals surface area contributed by atoms with Gasteiger partial charge in [0.05, 0.1) is 0 Å². The lowest BCUT2D eigenvalue weighted by Crippen LogP contribution is -2.51. The van der Waals surface area contributed by atoms with Gasteiger partial charge in [0.15, 0.2) is 0 Å². The first-order chi connectivity index (χ1) is 10.9. The van der Waals surface area contributed by atoms with Crippen LogP contribution in [0.2, 0.25) is 0 Å². The van der Waals surface area contributed by atoms with Crippen LogP contribution in [-0.4, -0.2) is 31.8 Å². The van der Waals surface area contributed by atoms with Crippen LogP contribution in [0.5, 0.6) is 0 Å². The molecule has 3 nitrogen and oxygen atoms in total. The van der Waals surface area contributed by atoms with E-state index in [4.69, 9.17) is 0 Å². The van der Waals surface area contributed by atoms with Gasteiger partial charge in [-0.1, -0.05) is 36.4 Å². The summed E-state index contributed by atoms with van der Waals surface area (Å²) < 4.78 is 0. The topological polar surface area (TPSA) is 18.5 Å². The summed E-state index contributed by atoms with van der Waals surface area (Å²) >= 11 is 0. The molecule has 0 saturated carbocycles. The summed E-state index contributed by atoms with van der Waals surface area (Å²) in [6.45, 7) is 3.32. The lowest BCUT2D eigenvalue weighted by atomic mass is 10.1. The van der Waals surface area contributed by atoms with Gasteiger partial charge in [-0.2, -0.15) is 0 Å². The summed E-state index contributed by atoms with van der Waals surface area (Å²) in [5, 5.41) is 3.71. The van der Waals surface area contributed by atoms with Crippen LogP contribution >= 0.6 is 0 Å². The highest BCUT2D eigenvalue weighted by Gasteiger charge is 2.39. The smallest absolute Gasteiger partial charge is 0.117 e. The number of benzene rings is 2. The number of nitrogens with zero attached hydrogens (tertiary/aromatic N) is 2. The van der Waals surface area contributed by atoms with Crippen molar-refractivity contribution in [2.75, 3.05) is 29.4 Å². The van der Waals surface area contributed by atoms with E-state index in [1.165, 1.54) is 24.2 Å². The molecule has 0 spiro atoms. The highest BCUT2D eigenvalue weighted by molar-refractivity contribution is 5.57. The first-order valence-electron chi connectivity index (χ1n) is 8.30. The van der Waals surface area contributed by atoms with E-state index in [1.54, 1.807) is 0 Å². The summed E-state index contributed by atoms with van der Waals surface area (Å²) in [6.07, 6.45) is 2.95. The van der Waals surface area contributed by atoms with Crippen LogP contribution in [0.25, 0.3) is 0 Å². The number of hydrogen-bond acceptors (Lipinski definition) is 3. The van der Waals surface area contributed by atoms with Gasteiger partial charge in [-0.15, -0.1) is 0 Å². The molecule has 2 heterocycles. The monoisotopic (exact) mass is 293 g/mol. The predicted octanol–water partition coefficient (Wildman–Crippen LogP) is 3.09. The average Bonchev–Trinajstić information content (AvgIpc) is 3.25. The molecule has 0 aromatic heterocycles. The van der Waals surface area contributed by atoms with Crippen LogP contribution in [-0.2, 0) is 0 Å². The third-order valence-corrected chi connectivity index (χ3v) is 4.85. The van der Waals surface area contributed by atoms with Crippen LogP contribution in [0.1, 0.15) is 12.8 Å². The number of para-hydroxylation sites is 2. The maximum Gasteiger partial charge on any atom is 0.117 e. The molecule has 22 heavy (non-hydrogen) atoms. The lowest BCUT2D eigenvalue weighted by molar-refractivity contribution is 0.484. The zero-order chi connectivity index (χ0) is 14.8. The molecular formula is C19H23N3. The Hall–Kier alpha value is -2.00. The van der Waals surface area contributed by atoms with E-state index >= 15 is 0 Å². The number of nitrogens with one attached hydrogen (secondary N) is 1. The maximum absolute atomic E-state index is 3.71. The largest absolute Gasteiger partial charge is 0.348 e. The Kier molecular flexibility index (Phi) is 3.73. The van der Waals surface area contributed by atoms with Crippen molar-refractivity contribution in [3.63, 3.8) is 0 Å². The van der Waals surface area contributed by atoms with Gasteiger partial charge >= 0.3 is 0 Å². The summed E-state index contributed by atoms with van der Waals surface area (Å²) in [5.74, 6) is 0. The summed E-state index contributed by atoms with van der Waals surface area (Å²) in [4.78, 5) is 5.13. The number of hydrogen-bond donors (Lipinski definition) is 1. The molecule has 2 aromatic rings. The van der Waals surface area contributed by atoms with Crippen molar-refractivity contribution in [3.8, 4) is 0 Å². The fourth-order valence-electron chi connectivity index (χ4n) is 3.85. The van der Waals surface area contributed by atoms with Gasteiger partial charge in [-0.05, 0) is 43.7 Å². The fourth-order valence-corrected chi connectivity index (χ4v) is 3.85. The molecule has 2 saturated heterocycles.